The molecule has 3 heteroatoms. The standard InChI is InChI=1S/C17H26N2O/c1-14-7-8-17(20-14)13-19-10-9-18-12-16(19)11-15-5-3-2-4-6-15/h2-6,14,16-18H,7-13H2,1H3. The Labute approximate surface area is 122 Å². The number of piperazine rings is 1. The molecule has 0 bridgehead atoms. The van der Waals surface area contributed by atoms with Gasteiger partial charge in [-0.1, -0.05) is 30.3 Å². The van der Waals surface area contributed by atoms with Crippen LogP contribution in [0.2, 0.25) is 0 Å². The Bertz CT molecular complexity index is 409. The lowest BCUT2D eigenvalue weighted by Crippen LogP contribution is -2.54. The van der Waals surface area contributed by atoms with E-state index in [9.17, 15) is 0 Å². The third kappa shape index (κ3) is 3.60. The quantitative estimate of drug-likeness (QED) is 0.909. The van der Waals surface area contributed by atoms with Gasteiger partial charge in [-0.25, -0.2) is 0 Å². The van der Waals surface area contributed by atoms with Gasteiger partial charge in [-0.05, 0) is 31.7 Å². The lowest BCUT2D eigenvalue weighted by atomic mass is 10.0. The van der Waals surface area contributed by atoms with Gasteiger partial charge < -0.3 is 10.1 Å². The van der Waals surface area contributed by atoms with E-state index >= 15 is 0 Å². The second-order valence-electron chi connectivity index (χ2n) is 6.19. The van der Waals surface area contributed by atoms with Gasteiger partial charge in [0.25, 0.3) is 0 Å². The van der Waals surface area contributed by atoms with Gasteiger partial charge in [-0.15, -0.1) is 0 Å². The van der Waals surface area contributed by atoms with Crippen LogP contribution < -0.4 is 5.32 Å². The summed E-state index contributed by atoms with van der Waals surface area (Å²) < 4.78 is 6.00. The number of nitrogens with one attached hydrogen (secondary N) is 1. The summed E-state index contributed by atoms with van der Waals surface area (Å²) in [5.74, 6) is 0. The maximum absolute atomic E-state index is 6.00. The largest absolute Gasteiger partial charge is 0.374 e. The van der Waals surface area contributed by atoms with Gasteiger partial charge in [0.1, 0.15) is 0 Å². The van der Waals surface area contributed by atoms with Crippen LogP contribution in [0.4, 0.5) is 0 Å². The van der Waals surface area contributed by atoms with Crippen LogP contribution in [0.25, 0.3) is 0 Å². The lowest BCUT2D eigenvalue weighted by Gasteiger charge is -2.37. The molecule has 0 radical (unpaired) electrons. The molecule has 3 atom stereocenters. The zero-order valence-electron chi connectivity index (χ0n) is 12.4. The highest BCUT2D eigenvalue weighted by Gasteiger charge is 2.28. The number of ether oxygens (including phenoxy) is 1. The second kappa shape index (κ2) is 6.70. The summed E-state index contributed by atoms with van der Waals surface area (Å²) in [4.78, 5) is 2.63. The van der Waals surface area contributed by atoms with Crippen LogP contribution in [0.3, 0.4) is 0 Å². The number of benzene rings is 1. The van der Waals surface area contributed by atoms with Gasteiger partial charge in [0.05, 0.1) is 12.2 Å². The van der Waals surface area contributed by atoms with Gasteiger partial charge >= 0.3 is 0 Å². The number of rotatable bonds is 4. The average molecular weight is 274 g/mol. The molecular weight excluding hydrogens is 248 g/mol. The molecule has 3 nitrogen and oxygen atoms in total. The number of nitrogens with zero attached hydrogens (tertiary/aromatic N) is 1. The molecule has 110 valence electrons. The summed E-state index contributed by atoms with van der Waals surface area (Å²) in [7, 11) is 0. The zero-order chi connectivity index (χ0) is 13.8. The molecule has 1 aromatic carbocycles. The van der Waals surface area contributed by atoms with Crippen LogP contribution in [0.15, 0.2) is 30.3 Å². The fraction of sp³-hybridized carbons (Fsp3) is 0.647. The van der Waals surface area contributed by atoms with E-state index in [0.29, 0.717) is 18.2 Å². The van der Waals surface area contributed by atoms with Crippen LogP contribution >= 0.6 is 0 Å². The maximum Gasteiger partial charge on any atom is 0.0706 e. The van der Waals surface area contributed by atoms with Crippen molar-refractivity contribution in [2.24, 2.45) is 0 Å². The molecule has 0 aromatic heterocycles. The van der Waals surface area contributed by atoms with E-state index in [4.69, 9.17) is 4.74 Å². The molecular formula is C17H26N2O. The van der Waals surface area contributed by atoms with Gasteiger partial charge in [-0.2, -0.15) is 0 Å². The third-order valence-electron chi connectivity index (χ3n) is 4.54. The van der Waals surface area contributed by atoms with Crippen LogP contribution in [0, 0.1) is 0 Å². The van der Waals surface area contributed by atoms with E-state index in [0.717, 1.165) is 32.6 Å². The smallest absolute Gasteiger partial charge is 0.0706 e. The predicted molar refractivity (Wildman–Crippen MR) is 81.9 cm³/mol. The Balaban J connectivity index is 1.59. The molecule has 2 aliphatic rings. The molecule has 0 saturated carbocycles. The molecule has 3 rings (SSSR count). The highest BCUT2D eigenvalue weighted by Crippen LogP contribution is 2.21. The van der Waals surface area contributed by atoms with E-state index in [1.54, 1.807) is 0 Å². The second-order valence-corrected chi connectivity index (χ2v) is 6.19. The van der Waals surface area contributed by atoms with Crippen molar-refractivity contribution in [1.29, 1.82) is 0 Å². The first-order valence-electron chi connectivity index (χ1n) is 7.95. The lowest BCUT2D eigenvalue weighted by molar-refractivity contribution is 0.0165. The Kier molecular flexibility index (Phi) is 4.71. The van der Waals surface area contributed by atoms with E-state index in [2.05, 4.69) is 47.5 Å². The number of hydrogen-bond acceptors (Lipinski definition) is 3. The van der Waals surface area contributed by atoms with Crippen LogP contribution in [-0.4, -0.2) is 49.3 Å². The van der Waals surface area contributed by atoms with Crippen molar-refractivity contribution in [2.45, 2.75) is 44.4 Å². The summed E-state index contributed by atoms with van der Waals surface area (Å²) in [6, 6.07) is 11.4. The maximum atomic E-state index is 6.00. The van der Waals surface area contributed by atoms with E-state index in [1.807, 2.05) is 0 Å². The molecule has 2 saturated heterocycles. The monoisotopic (exact) mass is 274 g/mol. The summed E-state index contributed by atoms with van der Waals surface area (Å²) in [5.41, 5.74) is 1.44. The zero-order valence-corrected chi connectivity index (χ0v) is 12.4. The minimum atomic E-state index is 0.446. The molecule has 3 unspecified atom stereocenters. The minimum absolute atomic E-state index is 0.446. The average Bonchev–Trinajstić information content (AvgIpc) is 2.88. The Morgan fingerprint density at radius 2 is 2.10 bits per heavy atom. The molecule has 0 spiro atoms. The third-order valence-corrected chi connectivity index (χ3v) is 4.54. The predicted octanol–water partition coefficient (Wildman–Crippen LogP) is 2.07. The van der Waals surface area contributed by atoms with Gasteiger partial charge in [-0.3, -0.25) is 4.90 Å². The van der Waals surface area contributed by atoms with Crippen molar-refractivity contribution in [2.75, 3.05) is 26.2 Å². The molecule has 1 aromatic rings. The van der Waals surface area contributed by atoms with Gasteiger partial charge in [0.2, 0.25) is 0 Å². The van der Waals surface area contributed by atoms with Crippen molar-refractivity contribution >= 4 is 0 Å². The first kappa shape index (κ1) is 14.1. The normalized spacial score (nSPS) is 31.6. The van der Waals surface area contributed by atoms with Crippen molar-refractivity contribution in [3.63, 3.8) is 0 Å². The molecule has 1 N–H and O–H groups in total. The van der Waals surface area contributed by atoms with Gasteiger partial charge in [0, 0.05) is 32.2 Å². The fourth-order valence-corrected chi connectivity index (χ4v) is 3.41. The Morgan fingerprint density at radius 1 is 1.25 bits per heavy atom. The summed E-state index contributed by atoms with van der Waals surface area (Å²) in [5, 5.41) is 3.54. The van der Waals surface area contributed by atoms with E-state index < -0.39 is 0 Å². The van der Waals surface area contributed by atoms with Crippen molar-refractivity contribution in [3.8, 4) is 0 Å². The van der Waals surface area contributed by atoms with Gasteiger partial charge in [0.15, 0.2) is 0 Å². The van der Waals surface area contributed by atoms with Crippen molar-refractivity contribution in [1.82, 2.24) is 10.2 Å². The van der Waals surface area contributed by atoms with Crippen molar-refractivity contribution in [3.05, 3.63) is 35.9 Å². The molecule has 2 heterocycles. The van der Waals surface area contributed by atoms with Crippen LogP contribution in [0.5, 0.6) is 0 Å². The number of hydrogen-bond donors (Lipinski definition) is 1. The summed E-state index contributed by atoms with van der Waals surface area (Å²) in [6.45, 7) is 6.64. The molecule has 2 aliphatic heterocycles. The molecule has 2 fully saturated rings. The van der Waals surface area contributed by atoms with Crippen LogP contribution in [0.1, 0.15) is 25.3 Å². The fourth-order valence-electron chi connectivity index (χ4n) is 3.41. The first-order chi connectivity index (χ1) is 9.81. The Hall–Kier alpha value is -0.900. The SMILES string of the molecule is CC1CCC(CN2CCNCC2Cc2ccccc2)O1. The van der Waals surface area contributed by atoms with Crippen molar-refractivity contribution < 1.29 is 4.74 Å². The molecule has 20 heavy (non-hydrogen) atoms. The minimum Gasteiger partial charge on any atom is -0.374 e. The molecule has 0 amide bonds. The van der Waals surface area contributed by atoms with E-state index in [-0.39, 0.29) is 0 Å². The molecule has 0 aliphatic carbocycles. The highest BCUT2D eigenvalue weighted by molar-refractivity contribution is 5.16. The first-order valence-corrected chi connectivity index (χ1v) is 7.95. The summed E-state index contributed by atoms with van der Waals surface area (Å²) in [6.07, 6.45) is 4.48. The van der Waals surface area contributed by atoms with E-state index in [1.165, 1.54) is 18.4 Å². The van der Waals surface area contributed by atoms with Crippen LogP contribution in [-0.2, 0) is 11.2 Å². The topological polar surface area (TPSA) is 24.5 Å². The highest BCUT2D eigenvalue weighted by atomic mass is 16.5. The summed E-state index contributed by atoms with van der Waals surface area (Å²) >= 11 is 0. The Morgan fingerprint density at radius 3 is 2.85 bits per heavy atom.